The summed E-state index contributed by atoms with van der Waals surface area (Å²) in [5, 5.41) is 2.81. The second-order valence-corrected chi connectivity index (χ2v) is 10.3. The van der Waals surface area contributed by atoms with Gasteiger partial charge in [0.05, 0.1) is 31.2 Å². The van der Waals surface area contributed by atoms with Crippen LogP contribution in [0.4, 0.5) is 0 Å². The van der Waals surface area contributed by atoms with Gasteiger partial charge in [-0.25, -0.2) is 14.2 Å². The number of esters is 1. The summed E-state index contributed by atoms with van der Waals surface area (Å²) >= 11 is 0.903. The zero-order valence-electron chi connectivity index (χ0n) is 22.0. The van der Waals surface area contributed by atoms with E-state index in [1.54, 1.807) is 52.0 Å². The smallest absolute Gasteiger partial charge is 0.348 e. The fourth-order valence-electron chi connectivity index (χ4n) is 4.01. The standard InChI is InChI=1S/C26H31N3O7S/c1-8-36-23(32)20-15(4)19-21(31)29(26(5,6)24(33)27-14(2)3)25(34)28(22(19)37-20)13-17(30)16-11-9-10-12-18(16)35-7/h9-12,14H,8,13H2,1-7H3,(H,27,33). The molecular formula is C26H31N3O7S. The van der Waals surface area contributed by atoms with Crippen molar-refractivity contribution in [2.75, 3.05) is 13.7 Å². The zero-order valence-corrected chi connectivity index (χ0v) is 22.8. The van der Waals surface area contributed by atoms with Gasteiger partial charge in [0.15, 0.2) is 5.78 Å². The van der Waals surface area contributed by atoms with E-state index in [1.807, 2.05) is 0 Å². The molecule has 3 rings (SSSR count). The van der Waals surface area contributed by atoms with Crippen LogP contribution >= 0.6 is 11.3 Å². The Bertz CT molecular complexity index is 1490. The summed E-state index contributed by atoms with van der Waals surface area (Å²) in [6, 6.07) is 6.34. The topological polar surface area (TPSA) is 126 Å². The lowest BCUT2D eigenvalue weighted by Gasteiger charge is -2.27. The SMILES string of the molecule is CCOC(=O)c1sc2c(c1C)c(=O)n(C(C)(C)C(=O)NC(C)C)c(=O)n2CC(=O)c1ccccc1OC. The van der Waals surface area contributed by atoms with Gasteiger partial charge >= 0.3 is 11.7 Å². The number of aromatic nitrogens is 2. The number of nitrogens with zero attached hydrogens (tertiary/aromatic N) is 2. The molecule has 0 spiro atoms. The van der Waals surface area contributed by atoms with Gasteiger partial charge in [0, 0.05) is 6.04 Å². The van der Waals surface area contributed by atoms with E-state index in [-0.39, 0.29) is 33.3 Å². The van der Waals surface area contributed by atoms with E-state index in [2.05, 4.69) is 5.32 Å². The Labute approximate surface area is 217 Å². The fourth-order valence-corrected chi connectivity index (χ4v) is 5.20. The first-order chi connectivity index (χ1) is 17.4. The molecule has 0 radical (unpaired) electrons. The van der Waals surface area contributed by atoms with E-state index >= 15 is 0 Å². The first-order valence-electron chi connectivity index (χ1n) is 11.8. The van der Waals surface area contributed by atoms with Gasteiger partial charge in [-0.2, -0.15) is 0 Å². The predicted molar refractivity (Wildman–Crippen MR) is 141 cm³/mol. The molecule has 2 aromatic heterocycles. The Morgan fingerprint density at radius 1 is 1.14 bits per heavy atom. The summed E-state index contributed by atoms with van der Waals surface area (Å²) in [5.41, 5.74) is -2.61. The van der Waals surface area contributed by atoms with Crippen molar-refractivity contribution in [2.24, 2.45) is 0 Å². The van der Waals surface area contributed by atoms with Crippen LogP contribution in [0.2, 0.25) is 0 Å². The number of hydrogen-bond acceptors (Lipinski definition) is 8. The first kappa shape index (κ1) is 27.9. The summed E-state index contributed by atoms with van der Waals surface area (Å²) < 4.78 is 12.4. The number of thiophene rings is 1. The maximum atomic E-state index is 13.8. The fraction of sp³-hybridized carbons (Fsp3) is 0.423. The summed E-state index contributed by atoms with van der Waals surface area (Å²) in [6.07, 6.45) is 0. The Morgan fingerprint density at radius 2 is 1.78 bits per heavy atom. The Balaban J connectivity index is 2.36. The minimum Gasteiger partial charge on any atom is -0.496 e. The third-order valence-corrected chi connectivity index (χ3v) is 7.21. The van der Waals surface area contributed by atoms with Crippen molar-refractivity contribution in [1.82, 2.24) is 14.5 Å². The summed E-state index contributed by atoms with van der Waals surface area (Å²) in [7, 11) is 1.43. The van der Waals surface area contributed by atoms with Gasteiger partial charge in [0.2, 0.25) is 5.91 Å². The van der Waals surface area contributed by atoms with Crippen molar-refractivity contribution in [3.05, 3.63) is 61.1 Å². The molecule has 1 N–H and O–H groups in total. The van der Waals surface area contributed by atoms with E-state index in [0.29, 0.717) is 11.3 Å². The Morgan fingerprint density at radius 3 is 2.38 bits per heavy atom. The van der Waals surface area contributed by atoms with Crippen LogP contribution in [0.15, 0.2) is 33.9 Å². The number of Topliss-reactive ketones (excluding diaryl/α,β-unsaturated/α-hetero) is 1. The van der Waals surface area contributed by atoms with Crippen LogP contribution in [-0.4, -0.2) is 46.6 Å². The lowest BCUT2D eigenvalue weighted by Crippen LogP contribution is -2.56. The highest BCUT2D eigenvalue weighted by Gasteiger charge is 2.36. The summed E-state index contributed by atoms with van der Waals surface area (Å²) in [6.45, 7) is 9.36. The number of fused-ring (bicyclic) bond motifs is 1. The lowest BCUT2D eigenvalue weighted by molar-refractivity contribution is -0.129. The normalized spacial score (nSPS) is 11.6. The first-order valence-corrected chi connectivity index (χ1v) is 12.6. The van der Waals surface area contributed by atoms with Crippen LogP contribution in [-0.2, 0) is 21.6 Å². The molecule has 0 saturated heterocycles. The third-order valence-electron chi connectivity index (χ3n) is 5.92. The van der Waals surface area contributed by atoms with Gasteiger partial charge in [-0.3, -0.25) is 19.0 Å². The van der Waals surface area contributed by atoms with Gasteiger partial charge < -0.3 is 14.8 Å². The molecular weight excluding hydrogens is 498 g/mol. The molecule has 1 amide bonds. The molecule has 0 aliphatic carbocycles. The zero-order chi connectivity index (χ0) is 27.7. The highest BCUT2D eigenvalue weighted by atomic mass is 32.1. The molecule has 0 unspecified atom stereocenters. The van der Waals surface area contributed by atoms with Gasteiger partial charge in [-0.05, 0) is 59.2 Å². The monoisotopic (exact) mass is 529 g/mol. The van der Waals surface area contributed by atoms with Crippen molar-refractivity contribution in [2.45, 2.75) is 59.7 Å². The van der Waals surface area contributed by atoms with Gasteiger partial charge in [0.1, 0.15) is 21.0 Å². The van der Waals surface area contributed by atoms with Gasteiger partial charge in [-0.1, -0.05) is 12.1 Å². The minimum absolute atomic E-state index is 0.0749. The molecule has 0 fully saturated rings. The maximum Gasteiger partial charge on any atom is 0.348 e. The highest BCUT2D eigenvalue weighted by Crippen LogP contribution is 2.30. The second-order valence-electron chi connectivity index (χ2n) is 9.28. The Hall–Kier alpha value is -3.73. The number of rotatable bonds is 9. The van der Waals surface area contributed by atoms with Gasteiger partial charge in [-0.15, -0.1) is 11.3 Å². The molecule has 2 heterocycles. The van der Waals surface area contributed by atoms with Crippen LogP contribution in [0.25, 0.3) is 10.2 Å². The van der Waals surface area contributed by atoms with Crippen molar-refractivity contribution in [1.29, 1.82) is 0 Å². The number of para-hydroxylation sites is 1. The molecule has 0 aliphatic rings. The lowest BCUT2D eigenvalue weighted by atomic mass is 10.0. The molecule has 0 aliphatic heterocycles. The van der Waals surface area contributed by atoms with Crippen molar-refractivity contribution < 1.29 is 23.9 Å². The number of methoxy groups -OCH3 is 1. The number of nitrogens with one attached hydrogen (secondary N) is 1. The van der Waals surface area contributed by atoms with Crippen LogP contribution < -0.4 is 21.3 Å². The van der Waals surface area contributed by atoms with Crippen LogP contribution in [0.5, 0.6) is 5.75 Å². The third kappa shape index (κ3) is 5.08. The number of carbonyl (C=O) groups is 3. The summed E-state index contributed by atoms with van der Waals surface area (Å²) in [5.74, 6) is -1.29. The minimum atomic E-state index is -1.60. The summed E-state index contributed by atoms with van der Waals surface area (Å²) in [4.78, 5) is 66.9. The quantitative estimate of drug-likeness (QED) is 0.334. The number of aryl methyl sites for hydroxylation is 1. The number of hydrogen-bond donors (Lipinski definition) is 1. The van der Waals surface area contributed by atoms with Crippen LogP contribution in [0.3, 0.4) is 0 Å². The number of ketones is 1. The number of carbonyl (C=O) groups excluding carboxylic acids is 3. The maximum absolute atomic E-state index is 13.8. The number of benzene rings is 1. The van der Waals surface area contributed by atoms with Crippen LogP contribution in [0, 0.1) is 6.92 Å². The highest BCUT2D eigenvalue weighted by molar-refractivity contribution is 7.20. The molecule has 11 heteroatoms. The number of amides is 1. The second kappa shape index (κ2) is 10.7. The van der Waals surface area contributed by atoms with E-state index in [9.17, 15) is 24.0 Å². The van der Waals surface area contributed by atoms with E-state index in [1.165, 1.54) is 21.0 Å². The molecule has 37 heavy (non-hydrogen) atoms. The van der Waals surface area contributed by atoms with E-state index in [0.717, 1.165) is 20.5 Å². The van der Waals surface area contributed by atoms with Crippen molar-refractivity contribution in [3.63, 3.8) is 0 Å². The molecule has 0 saturated carbocycles. The predicted octanol–water partition coefficient (Wildman–Crippen LogP) is 2.86. The molecule has 0 atom stereocenters. The number of ether oxygens (including phenoxy) is 2. The molecule has 3 aromatic rings. The van der Waals surface area contributed by atoms with Crippen molar-refractivity contribution in [3.8, 4) is 5.75 Å². The molecule has 198 valence electrons. The molecule has 10 nitrogen and oxygen atoms in total. The Kier molecular flexibility index (Phi) is 8.06. The van der Waals surface area contributed by atoms with Gasteiger partial charge in [0.25, 0.3) is 5.56 Å². The molecule has 1 aromatic carbocycles. The van der Waals surface area contributed by atoms with Crippen molar-refractivity contribution >= 4 is 39.2 Å². The average Bonchev–Trinajstić information content (AvgIpc) is 3.18. The van der Waals surface area contributed by atoms with Crippen LogP contribution in [0.1, 0.15) is 60.2 Å². The largest absolute Gasteiger partial charge is 0.496 e. The molecule has 0 bridgehead atoms. The van der Waals surface area contributed by atoms with E-state index in [4.69, 9.17) is 9.47 Å². The van der Waals surface area contributed by atoms with E-state index < -0.39 is 41.0 Å². The average molecular weight is 530 g/mol.